The third-order valence-electron chi connectivity index (χ3n) is 6.45. The van der Waals surface area contributed by atoms with E-state index in [1.807, 2.05) is 23.1 Å². The zero-order chi connectivity index (χ0) is 22.8. The van der Waals surface area contributed by atoms with E-state index >= 15 is 0 Å². The van der Waals surface area contributed by atoms with E-state index in [1.165, 1.54) is 19.7 Å². The van der Waals surface area contributed by atoms with Crippen molar-refractivity contribution in [2.24, 2.45) is 4.99 Å². The van der Waals surface area contributed by atoms with Crippen LogP contribution in [0.25, 0.3) is 0 Å². The maximum Gasteiger partial charge on any atom is 0.157 e. The van der Waals surface area contributed by atoms with E-state index in [-0.39, 0.29) is 0 Å². The minimum Gasteiger partial charge on any atom is -0.497 e. The molecule has 0 aliphatic carbocycles. The van der Waals surface area contributed by atoms with E-state index in [2.05, 4.69) is 72.3 Å². The van der Waals surface area contributed by atoms with Gasteiger partial charge >= 0.3 is 0 Å². The predicted molar refractivity (Wildman–Crippen MR) is 138 cm³/mol. The summed E-state index contributed by atoms with van der Waals surface area (Å²) in [6.07, 6.45) is 3.13. The molecule has 5 nitrogen and oxygen atoms in total. The number of amidine groups is 1. The first-order chi connectivity index (χ1) is 16.1. The average Bonchev–Trinajstić information content (AvgIpc) is 3.19. The van der Waals surface area contributed by atoms with Crippen LogP contribution in [-0.2, 0) is 12.8 Å². The molecule has 5 rings (SSSR count). The second-order valence-corrected chi connectivity index (χ2v) is 11.0. The molecule has 0 radical (unpaired) electrons. The molecule has 0 bridgehead atoms. The Hall–Kier alpha value is -2.35. The summed E-state index contributed by atoms with van der Waals surface area (Å²) >= 11 is 3.63. The van der Waals surface area contributed by atoms with Crippen LogP contribution in [0, 0.1) is 0 Å². The second-order valence-electron chi connectivity index (χ2n) is 8.57. The summed E-state index contributed by atoms with van der Waals surface area (Å²) in [7, 11) is 3.96. The number of aliphatic imine (C=N–C) groups is 1. The Balaban J connectivity index is 1.39. The first kappa shape index (κ1) is 22.4. The molecule has 2 aliphatic heterocycles. The lowest BCUT2D eigenvalue weighted by atomic mass is 10.0. The van der Waals surface area contributed by atoms with Crippen LogP contribution < -0.4 is 4.74 Å². The van der Waals surface area contributed by atoms with Gasteiger partial charge in [0.25, 0.3) is 0 Å². The SMILES string of the molecule is CCc1nc2c(s1)Sc1ccccc1N=C2N1CCN(C)[C@@H](CCc2ccc(OC)cc2)C1. The topological polar surface area (TPSA) is 41.0 Å². The summed E-state index contributed by atoms with van der Waals surface area (Å²) in [6, 6.07) is 17.4. The Bertz CT molecular complexity index is 1140. The number of hydrogen-bond donors (Lipinski definition) is 0. The fourth-order valence-corrected chi connectivity index (χ4v) is 6.66. The number of ether oxygens (including phenoxy) is 1. The molecule has 33 heavy (non-hydrogen) atoms. The number of aromatic nitrogens is 1. The second kappa shape index (κ2) is 9.87. The number of methoxy groups -OCH3 is 1. The highest BCUT2D eigenvalue weighted by Crippen LogP contribution is 2.43. The molecule has 1 aromatic heterocycles. The van der Waals surface area contributed by atoms with Gasteiger partial charge in [0.15, 0.2) is 5.84 Å². The largest absolute Gasteiger partial charge is 0.497 e. The lowest BCUT2D eigenvalue weighted by molar-refractivity contribution is 0.134. The van der Waals surface area contributed by atoms with Crippen LogP contribution in [-0.4, -0.2) is 60.5 Å². The number of likely N-dealkylation sites (N-methyl/N-ethyl adjacent to an activating group) is 1. The smallest absolute Gasteiger partial charge is 0.157 e. The Labute approximate surface area is 204 Å². The maximum atomic E-state index is 5.30. The molecule has 0 unspecified atom stereocenters. The molecule has 1 atom stereocenters. The molecule has 172 valence electrons. The molecular weight excluding hydrogens is 448 g/mol. The van der Waals surface area contributed by atoms with Crippen LogP contribution in [0.5, 0.6) is 5.75 Å². The molecule has 1 saturated heterocycles. The molecule has 1 fully saturated rings. The van der Waals surface area contributed by atoms with Crippen LogP contribution in [0.15, 0.2) is 62.6 Å². The summed E-state index contributed by atoms with van der Waals surface area (Å²) in [6.45, 7) is 5.15. The van der Waals surface area contributed by atoms with E-state index in [4.69, 9.17) is 14.7 Å². The Kier molecular flexibility index (Phi) is 6.71. The van der Waals surface area contributed by atoms with Crippen LogP contribution in [0.4, 0.5) is 5.69 Å². The minimum atomic E-state index is 0.474. The number of nitrogens with zero attached hydrogens (tertiary/aromatic N) is 4. The number of fused-ring (bicyclic) bond motifs is 2. The highest BCUT2D eigenvalue weighted by molar-refractivity contribution is 8.01. The lowest BCUT2D eigenvalue weighted by Gasteiger charge is -2.40. The number of piperazine rings is 1. The lowest BCUT2D eigenvalue weighted by Crippen LogP contribution is -2.53. The Morgan fingerprint density at radius 2 is 1.91 bits per heavy atom. The van der Waals surface area contributed by atoms with Gasteiger partial charge in [-0.3, -0.25) is 4.90 Å². The van der Waals surface area contributed by atoms with Gasteiger partial charge in [-0.2, -0.15) is 0 Å². The van der Waals surface area contributed by atoms with Crippen molar-refractivity contribution in [3.8, 4) is 5.75 Å². The molecule has 0 spiro atoms. The maximum absolute atomic E-state index is 5.30. The Morgan fingerprint density at radius 1 is 1.09 bits per heavy atom. The number of benzene rings is 2. The fourth-order valence-electron chi connectivity index (χ4n) is 4.41. The van der Waals surface area contributed by atoms with Crippen molar-refractivity contribution in [1.82, 2.24) is 14.8 Å². The van der Waals surface area contributed by atoms with Crippen LogP contribution >= 0.6 is 23.1 Å². The van der Waals surface area contributed by atoms with E-state index in [0.29, 0.717) is 6.04 Å². The highest BCUT2D eigenvalue weighted by atomic mass is 32.2. The summed E-state index contributed by atoms with van der Waals surface area (Å²) in [5.41, 5.74) is 3.47. The van der Waals surface area contributed by atoms with E-state index in [0.717, 1.165) is 61.9 Å². The molecular formula is C26H30N4OS2. The molecule has 2 aliphatic rings. The van der Waals surface area contributed by atoms with E-state index in [9.17, 15) is 0 Å². The summed E-state index contributed by atoms with van der Waals surface area (Å²) < 4.78 is 6.57. The van der Waals surface area contributed by atoms with Gasteiger partial charge in [0, 0.05) is 30.6 Å². The van der Waals surface area contributed by atoms with Crippen molar-refractivity contribution in [3.63, 3.8) is 0 Å². The molecule has 0 N–H and O–H groups in total. The average molecular weight is 479 g/mol. The predicted octanol–water partition coefficient (Wildman–Crippen LogP) is 5.51. The van der Waals surface area contributed by atoms with Gasteiger partial charge < -0.3 is 9.64 Å². The van der Waals surface area contributed by atoms with E-state index < -0.39 is 0 Å². The zero-order valence-electron chi connectivity index (χ0n) is 19.5. The number of para-hydroxylation sites is 1. The molecule has 0 amide bonds. The molecule has 0 saturated carbocycles. The molecule has 3 heterocycles. The molecule has 2 aromatic carbocycles. The van der Waals surface area contributed by atoms with Crippen LogP contribution in [0.2, 0.25) is 0 Å². The van der Waals surface area contributed by atoms with Gasteiger partial charge in [0.1, 0.15) is 11.4 Å². The standard InChI is InChI=1S/C26H30N4OS2/c1-4-23-28-24-25(27-21-7-5-6-8-22(21)32-26(24)33-23)30-16-15-29(2)19(17-30)12-9-18-10-13-20(31-3)14-11-18/h5-8,10-11,13-14,19H,4,9,12,15-17H2,1-3H3/t19-/m0/s1. The number of thiazole rings is 1. The highest BCUT2D eigenvalue weighted by Gasteiger charge is 2.31. The molecule has 3 aromatic rings. The van der Waals surface area contributed by atoms with Crippen molar-refractivity contribution < 1.29 is 4.74 Å². The summed E-state index contributed by atoms with van der Waals surface area (Å²) in [5, 5.41) is 1.18. The third kappa shape index (κ3) is 4.81. The first-order valence-electron chi connectivity index (χ1n) is 11.6. The first-order valence-corrected chi connectivity index (χ1v) is 13.2. The Morgan fingerprint density at radius 3 is 2.70 bits per heavy atom. The van der Waals surface area contributed by atoms with Crippen molar-refractivity contribution in [2.45, 2.75) is 41.3 Å². The summed E-state index contributed by atoms with van der Waals surface area (Å²) in [5.74, 6) is 1.95. The van der Waals surface area contributed by atoms with Crippen molar-refractivity contribution in [1.29, 1.82) is 0 Å². The quantitative estimate of drug-likeness (QED) is 0.484. The van der Waals surface area contributed by atoms with Gasteiger partial charge in [-0.05, 0) is 56.1 Å². The van der Waals surface area contributed by atoms with Gasteiger partial charge in [-0.15, -0.1) is 11.3 Å². The van der Waals surface area contributed by atoms with Crippen molar-refractivity contribution >= 4 is 34.6 Å². The van der Waals surface area contributed by atoms with Crippen LogP contribution in [0.1, 0.15) is 29.6 Å². The van der Waals surface area contributed by atoms with Gasteiger partial charge in [0.05, 0.1) is 22.0 Å². The van der Waals surface area contributed by atoms with Gasteiger partial charge in [0.2, 0.25) is 0 Å². The number of hydrogen-bond acceptors (Lipinski definition) is 7. The van der Waals surface area contributed by atoms with Crippen molar-refractivity contribution in [2.75, 3.05) is 33.8 Å². The molecule has 7 heteroatoms. The normalized spacial score (nSPS) is 18.3. The number of aryl methyl sites for hydroxylation is 2. The van der Waals surface area contributed by atoms with Crippen molar-refractivity contribution in [3.05, 3.63) is 64.8 Å². The third-order valence-corrected chi connectivity index (χ3v) is 8.89. The zero-order valence-corrected chi connectivity index (χ0v) is 21.1. The van der Waals surface area contributed by atoms with Gasteiger partial charge in [-0.1, -0.05) is 43.0 Å². The minimum absolute atomic E-state index is 0.474. The van der Waals surface area contributed by atoms with Crippen LogP contribution in [0.3, 0.4) is 0 Å². The summed E-state index contributed by atoms with van der Waals surface area (Å²) in [4.78, 5) is 16.4. The number of rotatable bonds is 5. The van der Waals surface area contributed by atoms with E-state index in [1.54, 1.807) is 7.11 Å². The fraction of sp³-hybridized carbons (Fsp3) is 0.385. The monoisotopic (exact) mass is 478 g/mol. The van der Waals surface area contributed by atoms with Gasteiger partial charge in [-0.25, -0.2) is 9.98 Å².